The van der Waals surface area contributed by atoms with Crippen molar-refractivity contribution in [2.45, 2.75) is 9.39 Å². The molecule has 0 saturated carbocycles. The van der Waals surface area contributed by atoms with Crippen molar-refractivity contribution in [3.63, 3.8) is 0 Å². The molecule has 2 N–H and O–H groups in total. The van der Waals surface area contributed by atoms with Gasteiger partial charge in [-0.05, 0) is 0 Å². The molecule has 1 saturated heterocycles. The highest BCUT2D eigenvalue weighted by atomic mass is 35.6. The number of aliphatic hydroxyl groups is 1. The quantitative estimate of drug-likeness (QED) is 0.607. The van der Waals surface area contributed by atoms with Gasteiger partial charge in [-0.25, -0.2) is 0 Å². The number of hydrogen-bond donors (Lipinski definition) is 2. The third-order valence-electron chi connectivity index (χ3n) is 1.36. The van der Waals surface area contributed by atoms with Crippen molar-refractivity contribution in [3.8, 4) is 0 Å². The second-order valence-electron chi connectivity index (χ2n) is 2.13. The Kier molecular flexibility index (Phi) is 3.56. The van der Waals surface area contributed by atoms with Gasteiger partial charge in [-0.2, -0.15) is 0 Å². The van der Waals surface area contributed by atoms with Gasteiger partial charge in [0.05, 0.1) is 0 Å². The molecule has 1 aliphatic rings. The summed E-state index contributed by atoms with van der Waals surface area (Å²) in [6.45, 7) is 0.701. The largest absolute Gasteiger partial charge is 0.383 e. The van der Waals surface area contributed by atoms with E-state index < -0.39 is 9.39 Å². The lowest BCUT2D eigenvalue weighted by atomic mass is 10.00. The van der Waals surface area contributed by atoms with Crippen molar-refractivity contribution in [2.24, 2.45) is 0 Å². The fourth-order valence-electron chi connectivity index (χ4n) is 0.562. The standard InChI is InChI=1S/C4H6Cl3NO.ClH/c5-4(6,7)3(9)1-8-2-3;/h8-9H,1-2H2;1H. The van der Waals surface area contributed by atoms with Crippen molar-refractivity contribution < 1.29 is 5.11 Å². The van der Waals surface area contributed by atoms with Crippen LogP contribution in [0.15, 0.2) is 0 Å². The first-order valence-corrected chi connectivity index (χ1v) is 3.59. The third kappa shape index (κ3) is 1.81. The molecule has 1 aliphatic heterocycles. The molecule has 6 heteroatoms. The first-order valence-electron chi connectivity index (χ1n) is 2.45. The zero-order chi connectivity index (χ0) is 7.12. The Bertz CT molecular complexity index is 119. The Morgan fingerprint density at radius 2 is 1.70 bits per heavy atom. The summed E-state index contributed by atoms with van der Waals surface area (Å²) in [7, 11) is 0. The van der Waals surface area contributed by atoms with Crippen molar-refractivity contribution in [1.82, 2.24) is 5.32 Å². The topological polar surface area (TPSA) is 32.3 Å². The minimum atomic E-state index is -1.56. The molecule has 2 nitrogen and oxygen atoms in total. The van der Waals surface area contributed by atoms with E-state index in [-0.39, 0.29) is 12.4 Å². The molecular weight excluding hydrogens is 220 g/mol. The summed E-state index contributed by atoms with van der Waals surface area (Å²) in [5.41, 5.74) is -1.16. The van der Waals surface area contributed by atoms with Crippen LogP contribution in [-0.2, 0) is 0 Å². The Morgan fingerprint density at radius 3 is 1.70 bits per heavy atom. The number of halogens is 4. The number of nitrogens with one attached hydrogen (secondary N) is 1. The SMILES string of the molecule is Cl.OC1(C(Cl)(Cl)Cl)CNC1. The average Bonchev–Trinajstić information content (AvgIpc) is 1.57. The summed E-state index contributed by atoms with van der Waals surface area (Å²) < 4.78 is -1.56. The molecule has 1 fully saturated rings. The molecule has 0 aromatic carbocycles. The van der Waals surface area contributed by atoms with Crippen molar-refractivity contribution >= 4 is 47.2 Å². The smallest absolute Gasteiger partial charge is 0.221 e. The second-order valence-corrected chi connectivity index (χ2v) is 4.41. The predicted molar refractivity (Wildman–Crippen MR) is 45.4 cm³/mol. The van der Waals surface area contributed by atoms with Crippen LogP contribution in [0, 0.1) is 0 Å². The lowest BCUT2D eigenvalue weighted by Crippen LogP contribution is -2.66. The highest BCUT2D eigenvalue weighted by Gasteiger charge is 2.51. The molecule has 0 radical (unpaired) electrons. The van der Waals surface area contributed by atoms with E-state index in [1.807, 2.05) is 0 Å². The van der Waals surface area contributed by atoms with Gasteiger partial charge < -0.3 is 10.4 Å². The molecule has 0 bridgehead atoms. The van der Waals surface area contributed by atoms with Gasteiger partial charge in [0.15, 0.2) is 0 Å². The highest BCUT2D eigenvalue weighted by Crippen LogP contribution is 2.40. The lowest BCUT2D eigenvalue weighted by molar-refractivity contribution is -0.00587. The molecule has 10 heavy (non-hydrogen) atoms. The summed E-state index contributed by atoms with van der Waals surface area (Å²) in [5.74, 6) is 0. The Labute approximate surface area is 80.2 Å². The van der Waals surface area contributed by atoms with Gasteiger partial charge in [-0.15, -0.1) is 12.4 Å². The molecule has 0 aliphatic carbocycles. The lowest BCUT2D eigenvalue weighted by Gasteiger charge is -2.42. The maximum absolute atomic E-state index is 9.29. The third-order valence-corrected chi connectivity index (χ3v) is 2.42. The van der Waals surface area contributed by atoms with E-state index in [0.29, 0.717) is 13.1 Å². The molecule has 0 amide bonds. The first-order chi connectivity index (χ1) is 3.96. The molecule has 0 unspecified atom stereocenters. The monoisotopic (exact) mass is 225 g/mol. The van der Waals surface area contributed by atoms with Crippen LogP contribution in [0.2, 0.25) is 0 Å². The molecular formula is C4H7Cl4NO. The van der Waals surface area contributed by atoms with E-state index in [0.717, 1.165) is 0 Å². The number of β-amino-alcohol motifs (C(OH)–C–C–N with tert-alkyl or cyclic N) is 1. The minimum Gasteiger partial charge on any atom is -0.383 e. The number of hydrogen-bond acceptors (Lipinski definition) is 2. The van der Waals surface area contributed by atoms with Gasteiger partial charge in [0.2, 0.25) is 3.79 Å². The molecule has 0 aromatic rings. The van der Waals surface area contributed by atoms with E-state index >= 15 is 0 Å². The van der Waals surface area contributed by atoms with Gasteiger partial charge in [0.1, 0.15) is 5.60 Å². The Morgan fingerprint density at radius 1 is 1.30 bits per heavy atom. The zero-order valence-corrected chi connectivity index (χ0v) is 7.99. The normalized spacial score (nSPS) is 22.8. The fourth-order valence-corrected chi connectivity index (χ4v) is 0.963. The van der Waals surface area contributed by atoms with E-state index in [4.69, 9.17) is 34.8 Å². The maximum atomic E-state index is 9.29. The average molecular weight is 227 g/mol. The van der Waals surface area contributed by atoms with Gasteiger partial charge in [0, 0.05) is 13.1 Å². The Balaban J connectivity index is 0.000000810. The van der Waals surface area contributed by atoms with Crippen LogP contribution in [0.1, 0.15) is 0 Å². The molecule has 0 atom stereocenters. The van der Waals surface area contributed by atoms with E-state index in [9.17, 15) is 5.11 Å². The maximum Gasteiger partial charge on any atom is 0.221 e. The molecule has 62 valence electrons. The van der Waals surface area contributed by atoms with E-state index in [1.165, 1.54) is 0 Å². The van der Waals surface area contributed by atoms with E-state index in [2.05, 4.69) is 5.32 Å². The van der Waals surface area contributed by atoms with Gasteiger partial charge in [0.25, 0.3) is 0 Å². The summed E-state index contributed by atoms with van der Waals surface area (Å²) >= 11 is 16.3. The fraction of sp³-hybridized carbons (Fsp3) is 1.00. The van der Waals surface area contributed by atoms with Crippen LogP contribution in [0.4, 0.5) is 0 Å². The van der Waals surface area contributed by atoms with Crippen LogP contribution in [0.5, 0.6) is 0 Å². The summed E-state index contributed by atoms with van der Waals surface area (Å²) in [5, 5.41) is 12.1. The van der Waals surface area contributed by atoms with Crippen LogP contribution >= 0.6 is 47.2 Å². The van der Waals surface area contributed by atoms with Crippen LogP contribution < -0.4 is 5.32 Å². The molecule has 0 aromatic heterocycles. The van der Waals surface area contributed by atoms with Crippen molar-refractivity contribution in [1.29, 1.82) is 0 Å². The number of rotatable bonds is 0. The van der Waals surface area contributed by atoms with Gasteiger partial charge >= 0.3 is 0 Å². The Hall–Kier alpha value is 1.08. The van der Waals surface area contributed by atoms with Gasteiger partial charge in [-0.1, -0.05) is 34.8 Å². The molecule has 1 heterocycles. The predicted octanol–water partition coefficient (Wildman–Crippen LogP) is 1.11. The van der Waals surface area contributed by atoms with E-state index in [1.54, 1.807) is 0 Å². The van der Waals surface area contributed by atoms with Crippen molar-refractivity contribution in [3.05, 3.63) is 0 Å². The van der Waals surface area contributed by atoms with Crippen molar-refractivity contribution in [2.75, 3.05) is 13.1 Å². The highest BCUT2D eigenvalue weighted by molar-refractivity contribution is 6.68. The molecule has 0 spiro atoms. The summed E-state index contributed by atoms with van der Waals surface area (Å²) in [6.07, 6.45) is 0. The second kappa shape index (κ2) is 3.21. The minimum absolute atomic E-state index is 0. The van der Waals surface area contributed by atoms with Gasteiger partial charge in [-0.3, -0.25) is 0 Å². The summed E-state index contributed by atoms with van der Waals surface area (Å²) in [6, 6.07) is 0. The summed E-state index contributed by atoms with van der Waals surface area (Å²) in [4.78, 5) is 0. The zero-order valence-electron chi connectivity index (χ0n) is 4.90. The number of alkyl halides is 3. The molecule has 1 rings (SSSR count). The van der Waals surface area contributed by atoms with Crippen LogP contribution in [0.3, 0.4) is 0 Å². The van der Waals surface area contributed by atoms with Crippen LogP contribution in [0.25, 0.3) is 0 Å². The first kappa shape index (κ1) is 11.1. The van der Waals surface area contributed by atoms with Crippen LogP contribution in [-0.4, -0.2) is 27.6 Å².